The Bertz CT molecular complexity index is 1430. The van der Waals surface area contributed by atoms with Crippen LogP contribution in [-0.2, 0) is 0 Å². The number of piperidine rings is 1. The number of rotatable bonds is 5. The smallest absolute Gasteiger partial charge is 0.174 e. The average Bonchev–Trinajstić information content (AvgIpc) is 3.54. The molecule has 0 aliphatic carbocycles. The molecule has 0 bridgehead atoms. The van der Waals surface area contributed by atoms with Gasteiger partial charge in [-0.3, -0.25) is 4.98 Å². The molecule has 0 spiro atoms. The summed E-state index contributed by atoms with van der Waals surface area (Å²) in [5.41, 5.74) is 4.91. The zero-order valence-electron chi connectivity index (χ0n) is 21.2. The van der Waals surface area contributed by atoms with Crippen LogP contribution in [0.4, 0.5) is 11.4 Å². The van der Waals surface area contributed by atoms with E-state index in [0.717, 1.165) is 52.5 Å². The zero-order chi connectivity index (χ0) is 26.2. The van der Waals surface area contributed by atoms with Gasteiger partial charge in [-0.25, -0.2) is 0 Å². The Balaban J connectivity index is 1.42. The third-order valence-electron chi connectivity index (χ3n) is 7.64. The van der Waals surface area contributed by atoms with Crippen LogP contribution in [0, 0.1) is 5.92 Å². The molecule has 2 fully saturated rings. The van der Waals surface area contributed by atoms with Crippen LogP contribution in [0.1, 0.15) is 43.2 Å². The summed E-state index contributed by atoms with van der Waals surface area (Å²) in [6.07, 6.45) is 6.20. The predicted octanol–water partition coefficient (Wildman–Crippen LogP) is 6.64. The Labute approximate surface area is 233 Å². The first kappa shape index (κ1) is 24.8. The Morgan fingerprint density at radius 2 is 1.74 bits per heavy atom. The molecular weight excluding hydrogens is 514 g/mol. The molecule has 6 rings (SSSR count). The minimum atomic E-state index is -0.182. The fourth-order valence-corrected chi connectivity index (χ4v) is 6.21. The number of nitrogens with one attached hydrogen (secondary N) is 1. The van der Waals surface area contributed by atoms with Gasteiger partial charge in [0.05, 0.1) is 22.4 Å². The number of hydrogen-bond donors (Lipinski definition) is 2. The van der Waals surface area contributed by atoms with E-state index in [1.807, 2.05) is 54.9 Å². The summed E-state index contributed by atoms with van der Waals surface area (Å²) in [6.45, 7) is 4.36. The van der Waals surface area contributed by atoms with E-state index in [1.54, 1.807) is 12.1 Å². The molecular formula is C30H30ClN5OS. The van der Waals surface area contributed by atoms with Gasteiger partial charge in [0.25, 0.3) is 0 Å². The normalized spacial score (nSPS) is 20.1. The van der Waals surface area contributed by atoms with Gasteiger partial charge in [-0.05, 0) is 97.7 Å². The molecule has 2 N–H and O–H groups in total. The highest BCUT2D eigenvalue weighted by molar-refractivity contribution is 7.80. The number of benzene rings is 2. The number of aromatic nitrogens is 2. The van der Waals surface area contributed by atoms with Crippen molar-refractivity contribution in [2.45, 2.75) is 31.8 Å². The molecule has 0 radical (unpaired) electrons. The summed E-state index contributed by atoms with van der Waals surface area (Å²) in [4.78, 5) is 9.21. The van der Waals surface area contributed by atoms with E-state index in [9.17, 15) is 5.11 Å². The zero-order valence-corrected chi connectivity index (χ0v) is 22.7. The first-order chi connectivity index (χ1) is 18.5. The second kappa shape index (κ2) is 10.3. The Hall–Kier alpha value is -3.55. The standard InChI is InChI=1S/C30H30ClN5OS/c1-20-13-17-34(18-14-20)26-12-9-22(19-24(26)31)36-29(28(33-30(36)38)25-5-2-3-15-32-25)27-6-4-16-35(27)21-7-10-23(37)11-8-21/h2-12,15-16,19-20,28-29,37H,13-14,17-18H2,1H3,(H,33,38)/t28-,29+/m0/s1. The maximum atomic E-state index is 9.84. The molecule has 4 aromatic rings. The van der Waals surface area contributed by atoms with E-state index in [4.69, 9.17) is 23.8 Å². The third-order valence-corrected chi connectivity index (χ3v) is 8.26. The summed E-state index contributed by atoms with van der Waals surface area (Å²) in [6, 6.07) is 23.2. The van der Waals surface area contributed by atoms with Gasteiger partial charge in [-0.15, -0.1) is 0 Å². The van der Waals surface area contributed by atoms with Gasteiger partial charge in [-0.2, -0.15) is 0 Å². The number of anilines is 2. The minimum Gasteiger partial charge on any atom is -0.508 e. The summed E-state index contributed by atoms with van der Waals surface area (Å²) in [7, 11) is 0. The summed E-state index contributed by atoms with van der Waals surface area (Å²) < 4.78 is 2.13. The Morgan fingerprint density at radius 1 is 0.974 bits per heavy atom. The predicted molar refractivity (Wildman–Crippen MR) is 157 cm³/mol. The van der Waals surface area contributed by atoms with E-state index in [2.05, 4.69) is 49.8 Å². The van der Waals surface area contributed by atoms with Crippen molar-refractivity contribution in [2.24, 2.45) is 5.92 Å². The number of nitrogens with zero attached hydrogens (tertiary/aromatic N) is 4. The van der Waals surface area contributed by atoms with Gasteiger partial charge in [0.2, 0.25) is 0 Å². The molecule has 2 atom stereocenters. The average molecular weight is 544 g/mol. The number of phenolic OH excluding ortho intramolecular Hbond substituents is 1. The number of phenols is 1. The first-order valence-electron chi connectivity index (χ1n) is 13.0. The van der Waals surface area contributed by atoms with Crippen LogP contribution in [0.15, 0.2) is 85.2 Å². The maximum Gasteiger partial charge on any atom is 0.174 e. The van der Waals surface area contributed by atoms with Crippen LogP contribution in [-0.4, -0.2) is 32.9 Å². The molecule has 194 valence electrons. The van der Waals surface area contributed by atoms with Gasteiger partial charge >= 0.3 is 0 Å². The number of pyridine rings is 1. The SMILES string of the molecule is CC1CCN(c2ccc(N3C(=S)N[C@@H](c4ccccn4)[C@H]3c3cccn3-c3ccc(O)cc3)cc2Cl)CC1. The van der Waals surface area contributed by atoms with Crippen LogP contribution >= 0.6 is 23.8 Å². The number of thiocarbonyl (C=S) groups is 1. The van der Waals surface area contributed by atoms with Gasteiger partial charge in [-0.1, -0.05) is 24.6 Å². The Morgan fingerprint density at radius 3 is 2.45 bits per heavy atom. The van der Waals surface area contributed by atoms with Crippen LogP contribution in [0.25, 0.3) is 5.69 Å². The van der Waals surface area contributed by atoms with Crippen molar-refractivity contribution in [1.29, 1.82) is 0 Å². The summed E-state index contributed by atoms with van der Waals surface area (Å²) >= 11 is 12.9. The van der Waals surface area contributed by atoms with Crippen molar-refractivity contribution >= 4 is 40.3 Å². The molecule has 2 saturated heterocycles. The molecule has 4 heterocycles. The monoisotopic (exact) mass is 543 g/mol. The second-order valence-electron chi connectivity index (χ2n) is 10.1. The van der Waals surface area contributed by atoms with Crippen molar-refractivity contribution < 1.29 is 5.11 Å². The van der Waals surface area contributed by atoms with Crippen molar-refractivity contribution in [3.05, 3.63) is 102 Å². The third kappa shape index (κ3) is 4.61. The summed E-state index contributed by atoms with van der Waals surface area (Å²) in [5.74, 6) is 0.989. The van der Waals surface area contributed by atoms with E-state index in [0.29, 0.717) is 5.11 Å². The lowest BCUT2D eigenvalue weighted by molar-refractivity contribution is 0.438. The highest BCUT2D eigenvalue weighted by Crippen LogP contribution is 2.44. The van der Waals surface area contributed by atoms with Crippen molar-refractivity contribution in [3.8, 4) is 11.4 Å². The van der Waals surface area contributed by atoms with Gasteiger partial charge in [0.15, 0.2) is 5.11 Å². The fourth-order valence-electron chi connectivity index (χ4n) is 5.57. The lowest BCUT2D eigenvalue weighted by Crippen LogP contribution is -2.33. The number of hydrogen-bond acceptors (Lipinski definition) is 4. The van der Waals surface area contributed by atoms with Gasteiger partial charge < -0.3 is 24.8 Å². The molecule has 6 nitrogen and oxygen atoms in total. The molecule has 2 aliphatic rings. The number of aromatic hydroxyl groups is 1. The van der Waals surface area contributed by atoms with Crippen LogP contribution in [0.5, 0.6) is 5.75 Å². The molecule has 2 aromatic carbocycles. The molecule has 2 aliphatic heterocycles. The quantitative estimate of drug-likeness (QED) is 0.275. The van der Waals surface area contributed by atoms with Crippen LogP contribution in [0.2, 0.25) is 5.02 Å². The minimum absolute atomic E-state index is 0.170. The molecule has 38 heavy (non-hydrogen) atoms. The van der Waals surface area contributed by atoms with Crippen LogP contribution in [0.3, 0.4) is 0 Å². The lowest BCUT2D eigenvalue weighted by atomic mass is 9.98. The highest BCUT2D eigenvalue weighted by Gasteiger charge is 2.42. The van der Waals surface area contributed by atoms with Crippen molar-refractivity contribution in [3.63, 3.8) is 0 Å². The van der Waals surface area contributed by atoms with E-state index >= 15 is 0 Å². The van der Waals surface area contributed by atoms with Gasteiger partial charge in [0.1, 0.15) is 11.8 Å². The topological polar surface area (TPSA) is 56.6 Å². The van der Waals surface area contributed by atoms with E-state index in [-0.39, 0.29) is 17.8 Å². The van der Waals surface area contributed by atoms with E-state index < -0.39 is 0 Å². The molecule has 0 unspecified atom stereocenters. The van der Waals surface area contributed by atoms with E-state index in [1.165, 1.54) is 12.8 Å². The first-order valence-corrected chi connectivity index (χ1v) is 13.8. The van der Waals surface area contributed by atoms with Crippen LogP contribution < -0.4 is 15.1 Å². The molecule has 2 aromatic heterocycles. The fraction of sp³-hybridized carbons (Fsp3) is 0.267. The number of halogens is 1. The Kier molecular flexibility index (Phi) is 6.72. The molecule has 0 saturated carbocycles. The summed E-state index contributed by atoms with van der Waals surface area (Å²) in [5, 5.41) is 14.7. The van der Waals surface area contributed by atoms with Gasteiger partial charge in [0, 0.05) is 42.6 Å². The lowest BCUT2D eigenvalue weighted by Gasteiger charge is -2.33. The highest BCUT2D eigenvalue weighted by atomic mass is 35.5. The van der Waals surface area contributed by atoms with Crippen molar-refractivity contribution in [1.82, 2.24) is 14.9 Å². The maximum absolute atomic E-state index is 9.84. The second-order valence-corrected chi connectivity index (χ2v) is 10.9. The largest absolute Gasteiger partial charge is 0.508 e. The van der Waals surface area contributed by atoms with Crippen molar-refractivity contribution in [2.75, 3.05) is 22.9 Å². The molecule has 0 amide bonds. The molecule has 8 heteroatoms.